The monoisotopic (exact) mass is 192 g/mol. The van der Waals surface area contributed by atoms with Crippen LogP contribution in [0.5, 0.6) is 0 Å². The Balaban J connectivity index is 2.46. The average Bonchev–Trinajstić information content (AvgIpc) is 2.19. The standard InChI is InChI=1S/C10H12N2O2/c11-7-9(13)6-10(14)12-8-4-2-1-3-5-8/h1-5H,6-7,11H2,(H,12,14). The fraction of sp³-hybridized carbons (Fsp3) is 0.200. The van der Waals surface area contributed by atoms with Crippen LogP contribution in [0.2, 0.25) is 0 Å². The molecule has 0 bridgehead atoms. The molecular weight excluding hydrogens is 180 g/mol. The van der Waals surface area contributed by atoms with Crippen molar-refractivity contribution in [2.24, 2.45) is 5.73 Å². The van der Waals surface area contributed by atoms with Gasteiger partial charge in [-0.3, -0.25) is 9.59 Å². The summed E-state index contributed by atoms with van der Waals surface area (Å²) in [6.45, 7) is -0.0950. The largest absolute Gasteiger partial charge is 0.326 e. The number of Topliss-reactive ketones (excluding diaryl/α,β-unsaturated/α-hetero) is 1. The molecule has 0 aliphatic carbocycles. The first-order chi connectivity index (χ1) is 6.72. The van der Waals surface area contributed by atoms with Crippen molar-refractivity contribution in [1.29, 1.82) is 0 Å². The van der Waals surface area contributed by atoms with Crippen molar-refractivity contribution in [1.82, 2.24) is 0 Å². The second-order valence-electron chi connectivity index (χ2n) is 2.83. The zero-order valence-electron chi connectivity index (χ0n) is 7.69. The second-order valence-corrected chi connectivity index (χ2v) is 2.83. The fourth-order valence-electron chi connectivity index (χ4n) is 0.978. The Labute approximate surface area is 82.1 Å². The molecule has 0 atom stereocenters. The summed E-state index contributed by atoms with van der Waals surface area (Å²) in [4.78, 5) is 22.0. The van der Waals surface area contributed by atoms with Gasteiger partial charge in [-0.2, -0.15) is 0 Å². The molecule has 1 aromatic rings. The molecule has 1 aromatic carbocycles. The van der Waals surface area contributed by atoms with Crippen molar-refractivity contribution in [2.75, 3.05) is 11.9 Å². The van der Waals surface area contributed by atoms with Gasteiger partial charge >= 0.3 is 0 Å². The third-order valence-electron chi connectivity index (χ3n) is 1.64. The smallest absolute Gasteiger partial charge is 0.231 e. The Kier molecular flexibility index (Phi) is 3.82. The van der Waals surface area contributed by atoms with Crippen LogP contribution in [0.15, 0.2) is 30.3 Å². The number of ketones is 1. The number of carbonyl (C=O) groups excluding carboxylic acids is 2. The Bertz CT molecular complexity index is 322. The first-order valence-corrected chi connectivity index (χ1v) is 4.29. The predicted octanol–water partition coefficient (Wildman–Crippen LogP) is 0.543. The van der Waals surface area contributed by atoms with Crippen molar-refractivity contribution >= 4 is 17.4 Å². The molecule has 4 nitrogen and oxygen atoms in total. The van der Waals surface area contributed by atoms with Crippen LogP contribution in [-0.4, -0.2) is 18.2 Å². The summed E-state index contributed by atoms with van der Waals surface area (Å²) in [7, 11) is 0. The minimum atomic E-state index is -0.327. The summed E-state index contributed by atoms with van der Waals surface area (Å²) >= 11 is 0. The Hall–Kier alpha value is -1.68. The Morgan fingerprint density at radius 1 is 1.21 bits per heavy atom. The number of amides is 1. The number of hydrogen-bond acceptors (Lipinski definition) is 3. The molecule has 0 heterocycles. The number of anilines is 1. The zero-order chi connectivity index (χ0) is 10.4. The van der Waals surface area contributed by atoms with E-state index in [1.807, 2.05) is 6.07 Å². The molecule has 0 fully saturated rings. The van der Waals surface area contributed by atoms with Crippen LogP contribution in [-0.2, 0) is 9.59 Å². The number of nitrogens with one attached hydrogen (secondary N) is 1. The quantitative estimate of drug-likeness (QED) is 0.684. The first-order valence-electron chi connectivity index (χ1n) is 4.29. The molecule has 0 saturated heterocycles. The van der Waals surface area contributed by atoms with Crippen molar-refractivity contribution in [3.63, 3.8) is 0 Å². The van der Waals surface area contributed by atoms with Crippen molar-refractivity contribution in [3.05, 3.63) is 30.3 Å². The summed E-state index contributed by atoms with van der Waals surface area (Å²) < 4.78 is 0. The molecule has 0 aromatic heterocycles. The Morgan fingerprint density at radius 2 is 1.86 bits per heavy atom. The van der Waals surface area contributed by atoms with E-state index >= 15 is 0 Å². The van der Waals surface area contributed by atoms with Crippen LogP contribution in [0.25, 0.3) is 0 Å². The number of carbonyl (C=O) groups is 2. The first kappa shape index (κ1) is 10.4. The van der Waals surface area contributed by atoms with Gasteiger partial charge in [-0.25, -0.2) is 0 Å². The number of nitrogens with two attached hydrogens (primary N) is 1. The van der Waals surface area contributed by atoms with Gasteiger partial charge < -0.3 is 11.1 Å². The minimum Gasteiger partial charge on any atom is -0.326 e. The summed E-state index contributed by atoms with van der Waals surface area (Å²) in [6.07, 6.45) is -0.161. The van der Waals surface area contributed by atoms with Crippen LogP contribution in [0.3, 0.4) is 0 Å². The van der Waals surface area contributed by atoms with Gasteiger partial charge in [-0.15, -0.1) is 0 Å². The summed E-state index contributed by atoms with van der Waals surface area (Å²) in [5.41, 5.74) is 5.77. The van der Waals surface area contributed by atoms with Crippen LogP contribution in [0, 0.1) is 0 Å². The molecule has 1 rings (SSSR count). The predicted molar refractivity (Wildman–Crippen MR) is 53.8 cm³/mol. The second kappa shape index (κ2) is 5.14. The van der Waals surface area contributed by atoms with E-state index < -0.39 is 0 Å². The SMILES string of the molecule is NCC(=O)CC(=O)Nc1ccccc1. The minimum absolute atomic E-state index is 0.0950. The molecule has 0 saturated carbocycles. The molecule has 0 spiro atoms. The van der Waals surface area contributed by atoms with Crippen LogP contribution in [0.4, 0.5) is 5.69 Å². The highest BCUT2D eigenvalue weighted by molar-refractivity contribution is 6.04. The maximum absolute atomic E-state index is 11.2. The van der Waals surface area contributed by atoms with E-state index in [0.29, 0.717) is 5.69 Å². The van der Waals surface area contributed by atoms with Crippen molar-refractivity contribution < 1.29 is 9.59 Å². The number of para-hydroxylation sites is 1. The van der Waals surface area contributed by atoms with Crippen LogP contribution < -0.4 is 11.1 Å². The van der Waals surface area contributed by atoms with Gasteiger partial charge in [0, 0.05) is 5.69 Å². The van der Waals surface area contributed by atoms with E-state index in [4.69, 9.17) is 5.73 Å². The summed E-state index contributed by atoms with van der Waals surface area (Å²) in [6, 6.07) is 8.97. The van der Waals surface area contributed by atoms with Gasteiger partial charge in [0.15, 0.2) is 5.78 Å². The van der Waals surface area contributed by atoms with Crippen molar-refractivity contribution in [3.8, 4) is 0 Å². The van der Waals surface area contributed by atoms with Crippen LogP contribution in [0.1, 0.15) is 6.42 Å². The molecule has 74 valence electrons. The normalized spacial score (nSPS) is 9.50. The van der Waals surface area contributed by atoms with Gasteiger partial charge in [0.1, 0.15) is 0 Å². The van der Waals surface area contributed by atoms with E-state index in [9.17, 15) is 9.59 Å². The van der Waals surface area contributed by atoms with E-state index in [2.05, 4.69) is 5.32 Å². The lowest BCUT2D eigenvalue weighted by Crippen LogP contribution is -2.21. The van der Waals surface area contributed by atoms with Crippen molar-refractivity contribution in [2.45, 2.75) is 6.42 Å². The average molecular weight is 192 g/mol. The third kappa shape index (κ3) is 3.37. The van der Waals surface area contributed by atoms with E-state index in [1.165, 1.54) is 0 Å². The number of rotatable bonds is 4. The van der Waals surface area contributed by atoms with Gasteiger partial charge in [-0.05, 0) is 12.1 Å². The Morgan fingerprint density at radius 3 is 2.43 bits per heavy atom. The summed E-state index contributed by atoms with van der Waals surface area (Å²) in [5, 5.41) is 2.59. The molecule has 0 aliphatic heterocycles. The molecule has 0 radical (unpaired) electrons. The summed E-state index contributed by atoms with van der Waals surface area (Å²) in [5.74, 6) is -0.593. The zero-order valence-corrected chi connectivity index (χ0v) is 7.69. The molecule has 0 unspecified atom stereocenters. The molecule has 4 heteroatoms. The van der Waals surface area contributed by atoms with E-state index in [1.54, 1.807) is 24.3 Å². The molecular formula is C10H12N2O2. The maximum atomic E-state index is 11.2. The maximum Gasteiger partial charge on any atom is 0.231 e. The highest BCUT2D eigenvalue weighted by Gasteiger charge is 2.07. The number of hydrogen-bond donors (Lipinski definition) is 2. The fourth-order valence-corrected chi connectivity index (χ4v) is 0.978. The van der Waals surface area contributed by atoms with Crippen LogP contribution >= 0.6 is 0 Å². The van der Waals surface area contributed by atoms with E-state index in [0.717, 1.165) is 0 Å². The highest BCUT2D eigenvalue weighted by Crippen LogP contribution is 2.05. The van der Waals surface area contributed by atoms with E-state index in [-0.39, 0.29) is 24.7 Å². The molecule has 0 aliphatic rings. The van der Waals surface area contributed by atoms with Gasteiger partial charge in [0.05, 0.1) is 13.0 Å². The molecule has 14 heavy (non-hydrogen) atoms. The lowest BCUT2D eigenvalue weighted by atomic mass is 10.2. The third-order valence-corrected chi connectivity index (χ3v) is 1.64. The van der Waals surface area contributed by atoms with Gasteiger partial charge in [0.2, 0.25) is 5.91 Å². The molecule has 1 amide bonds. The topological polar surface area (TPSA) is 72.2 Å². The highest BCUT2D eigenvalue weighted by atomic mass is 16.2. The number of benzene rings is 1. The van der Waals surface area contributed by atoms with Gasteiger partial charge in [0.25, 0.3) is 0 Å². The lowest BCUT2D eigenvalue weighted by molar-refractivity contribution is -0.124. The molecule has 3 N–H and O–H groups in total. The lowest BCUT2D eigenvalue weighted by Gasteiger charge is -2.02. The van der Waals surface area contributed by atoms with Gasteiger partial charge in [-0.1, -0.05) is 18.2 Å².